The van der Waals surface area contributed by atoms with Gasteiger partial charge < -0.3 is 10.5 Å². The number of para-hydroxylation sites is 2. The molecule has 3 rings (SSSR count). The summed E-state index contributed by atoms with van der Waals surface area (Å²) in [6.45, 7) is 0.489. The van der Waals surface area contributed by atoms with Gasteiger partial charge in [-0.05, 0) is 12.1 Å². The van der Waals surface area contributed by atoms with E-state index in [1.54, 1.807) is 18.3 Å². The molecule has 4 heteroatoms. The maximum Gasteiger partial charge on any atom is 0.165 e. The Bertz CT molecular complexity index is 768. The van der Waals surface area contributed by atoms with Crippen LogP contribution in [0.15, 0.2) is 54.7 Å². The van der Waals surface area contributed by atoms with Crippen LogP contribution in [0.1, 0.15) is 11.1 Å². The van der Waals surface area contributed by atoms with Crippen LogP contribution in [0.2, 0.25) is 0 Å². The van der Waals surface area contributed by atoms with Gasteiger partial charge in [0.05, 0.1) is 5.52 Å². The molecule has 1 aromatic heterocycles. The Morgan fingerprint density at radius 1 is 1.00 bits per heavy atom. The minimum atomic E-state index is -0.397. The molecule has 3 nitrogen and oxygen atoms in total. The molecule has 0 saturated carbocycles. The van der Waals surface area contributed by atoms with E-state index in [-0.39, 0.29) is 18.9 Å². The molecule has 0 radical (unpaired) electrons. The number of ether oxygens (including phenoxy) is 1. The lowest BCUT2D eigenvalue weighted by Crippen LogP contribution is -2.05. The Hall–Kier alpha value is -2.46. The molecule has 0 saturated heterocycles. The topological polar surface area (TPSA) is 48.1 Å². The molecule has 0 bridgehead atoms. The molecular weight excluding hydrogens is 267 g/mol. The zero-order chi connectivity index (χ0) is 14.7. The third-order valence-electron chi connectivity index (χ3n) is 3.36. The fraction of sp³-hybridized carbons (Fsp3) is 0.118. The number of rotatable bonds is 4. The molecule has 106 valence electrons. The second-order valence-electron chi connectivity index (χ2n) is 4.71. The molecule has 21 heavy (non-hydrogen) atoms. The van der Waals surface area contributed by atoms with Crippen molar-refractivity contribution < 1.29 is 9.13 Å². The van der Waals surface area contributed by atoms with Gasteiger partial charge in [0.1, 0.15) is 6.61 Å². The Labute approximate surface area is 122 Å². The first-order valence-corrected chi connectivity index (χ1v) is 6.72. The summed E-state index contributed by atoms with van der Waals surface area (Å²) in [6.07, 6.45) is 1.74. The maximum absolute atomic E-state index is 13.9. The Kier molecular flexibility index (Phi) is 3.79. The summed E-state index contributed by atoms with van der Waals surface area (Å²) in [5.74, 6) is -0.181. The summed E-state index contributed by atoms with van der Waals surface area (Å²) in [6, 6.07) is 14.5. The van der Waals surface area contributed by atoms with Crippen molar-refractivity contribution in [1.29, 1.82) is 0 Å². The predicted molar refractivity (Wildman–Crippen MR) is 80.4 cm³/mol. The summed E-state index contributed by atoms with van der Waals surface area (Å²) >= 11 is 0. The quantitative estimate of drug-likeness (QED) is 0.797. The van der Waals surface area contributed by atoms with Gasteiger partial charge in [-0.15, -0.1) is 0 Å². The minimum Gasteiger partial charge on any atom is -0.485 e. The van der Waals surface area contributed by atoms with Crippen molar-refractivity contribution in [2.24, 2.45) is 5.73 Å². The molecule has 0 aliphatic carbocycles. The largest absolute Gasteiger partial charge is 0.485 e. The number of nitrogens with zero attached hydrogens (tertiary/aromatic N) is 1. The van der Waals surface area contributed by atoms with Gasteiger partial charge in [-0.25, -0.2) is 4.39 Å². The first kappa shape index (κ1) is 13.5. The molecule has 2 N–H and O–H groups in total. The van der Waals surface area contributed by atoms with Crippen molar-refractivity contribution >= 4 is 10.9 Å². The Morgan fingerprint density at radius 3 is 2.62 bits per heavy atom. The van der Waals surface area contributed by atoms with Crippen molar-refractivity contribution in [2.45, 2.75) is 13.2 Å². The van der Waals surface area contributed by atoms with E-state index in [1.165, 1.54) is 6.07 Å². The molecule has 0 unspecified atom stereocenters. The van der Waals surface area contributed by atoms with E-state index in [0.29, 0.717) is 5.56 Å². The molecule has 1 heterocycles. The van der Waals surface area contributed by atoms with E-state index in [4.69, 9.17) is 10.5 Å². The number of aromatic nitrogens is 1. The molecule has 0 aliphatic rings. The normalized spacial score (nSPS) is 10.8. The van der Waals surface area contributed by atoms with Gasteiger partial charge in [0.15, 0.2) is 11.6 Å². The highest BCUT2D eigenvalue weighted by molar-refractivity contribution is 5.81. The molecule has 0 fully saturated rings. The minimum absolute atomic E-state index is 0.216. The molecular formula is C17H15FN2O. The van der Waals surface area contributed by atoms with Crippen LogP contribution in [0.4, 0.5) is 4.39 Å². The third-order valence-corrected chi connectivity index (χ3v) is 3.36. The summed E-state index contributed by atoms with van der Waals surface area (Å²) in [5, 5.41) is 1.03. The van der Waals surface area contributed by atoms with E-state index in [2.05, 4.69) is 4.98 Å². The molecule has 0 atom stereocenters. The Balaban J connectivity index is 1.91. The van der Waals surface area contributed by atoms with E-state index in [0.717, 1.165) is 16.5 Å². The molecule has 2 aromatic carbocycles. The number of hydrogen-bond acceptors (Lipinski definition) is 3. The number of halogens is 1. The van der Waals surface area contributed by atoms with E-state index < -0.39 is 5.82 Å². The monoisotopic (exact) mass is 282 g/mol. The van der Waals surface area contributed by atoms with Crippen LogP contribution in [-0.2, 0) is 13.2 Å². The lowest BCUT2D eigenvalue weighted by Gasteiger charge is -2.12. The van der Waals surface area contributed by atoms with Crippen LogP contribution in [0.5, 0.6) is 5.75 Å². The van der Waals surface area contributed by atoms with Crippen LogP contribution in [0, 0.1) is 5.82 Å². The fourth-order valence-corrected chi connectivity index (χ4v) is 2.31. The van der Waals surface area contributed by atoms with Crippen molar-refractivity contribution in [3.8, 4) is 5.75 Å². The highest BCUT2D eigenvalue weighted by Crippen LogP contribution is 2.24. The number of pyridine rings is 1. The second kappa shape index (κ2) is 5.89. The highest BCUT2D eigenvalue weighted by Gasteiger charge is 2.10. The number of fused-ring (bicyclic) bond motifs is 1. The predicted octanol–water partition coefficient (Wildman–Crippen LogP) is 3.41. The molecule has 3 aromatic rings. The fourth-order valence-electron chi connectivity index (χ4n) is 2.31. The number of benzene rings is 2. The summed E-state index contributed by atoms with van der Waals surface area (Å²) < 4.78 is 19.5. The molecule has 0 amide bonds. The standard InChI is InChI=1S/C17H15FN2O/c18-15-8-2-5-13(10-19)17(15)21-11-14-6-1-4-12-7-3-9-20-16(12)14/h1-9H,10-11,19H2. The summed E-state index contributed by atoms with van der Waals surface area (Å²) in [5.41, 5.74) is 8.06. The van der Waals surface area contributed by atoms with Gasteiger partial charge in [-0.3, -0.25) is 4.98 Å². The second-order valence-corrected chi connectivity index (χ2v) is 4.71. The number of hydrogen-bond donors (Lipinski definition) is 1. The van der Waals surface area contributed by atoms with Crippen molar-refractivity contribution in [3.63, 3.8) is 0 Å². The van der Waals surface area contributed by atoms with Crippen molar-refractivity contribution in [1.82, 2.24) is 4.98 Å². The molecule has 0 spiro atoms. The van der Waals surface area contributed by atoms with Crippen molar-refractivity contribution in [3.05, 3.63) is 71.7 Å². The zero-order valence-electron chi connectivity index (χ0n) is 11.4. The third kappa shape index (κ3) is 2.71. The zero-order valence-corrected chi connectivity index (χ0v) is 11.4. The highest BCUT2D eigenvalue weighted by atomic mass is 19.1. The lowest BCUT2D eigenvalue weighted by molar-refractivity contribution is 0.288. The van der Waals surface area contributed by atoms with Gasteiger partial charge in [-0.1, -0.05) is 36.4 Å². The van der Waals surface area contributed by atoms with Crippen molar-refractivity contribution in [2.75, 3.05) is 0 Å². The van der Waals surface area contributed by atoms with Crippen LogP contribution in [-0.4, -0.2) is 4.98 Å². The Morgan fingerprint density at radius 2 is 1.76 bits per heavy atom. The van der Waals surface area contributed by atoms with E-state index in [1.807, 2.05) is 30.3 Å². The summed E-state index contributed by atoms with van der Waals surface area (Å²) in [7, 11) is 0. The summed E-state index contributed by atoms with van der Waals surface area (Å²) in [4.78, 5) is 4.36. The first-order chi connectivity index (χ1) is 10.3. The van der Waals surface area contributed by atoms with Gasteiger partial charge in [-0.2, -0.15) is 0 Å². The first-order valence-electron chi connectivity index (χ1n) is 6.72. The van der Waals surface area contributed by atoms with Crippen LogP contribution >= 0.6 is 0 Å². The van der Waals surface area contributed by atoms with Gasteiger partial charge >= 0.3 is 0 Å². The SMILES string of the molecule is NCc1cccc(F)c1OCc1cccc2cccnc12. The van der Waals surface area contributed by atoms with E-state index >= 15 is 0 Å². The van der Waals surface area contributed by atoms with Crippen LogP contribution in [0.25, 0.3) is 10.9 Å². The van der Waals surface area contributed by atoms with Crippen LogP contribution in [0.3, 0.4) is 0 Å². The van der Waals surface area contributed by atoms with E-state index in [9.17, 15) is 4.39 Å². The maximum atomic E-state index is 13.9. The van der Waals surface area contributed by atoms with Gasteiger partial charge in [0, 0.05) is 29.3 Å². The van der Waals surface area contributed by atoms with Gasteiger partial charge in [0.2, 0.25) is 0 Å². The lowest BCUT2D eigenvalue weighted by atomic mass is 10.1. The smallest absolute Gasteiger partial charge is 0.165 e. The van der Waals surface area contributed by atoms with Crippen LogP contribution < -0.4 is 10.5 Å². The molecule has 0 aliphatic heterocycles. The average molecular weight is 282 g/mol. The van der Waals surface area contributed by atoms with Gasteiger partial charge in [0.25, 0.3) is 0 Å². The number of nitrogens with two attached hydrogens (primary N) is 1. The average Bonchev–Trinajstić information content (AvgIpc) is 2.53.